The molecule has 3 aromatic rings. The molecule has 1 aliphatic rings. The van der Waals surface area contributed by atoms with Gasteiger partial charge in [0.05, 0.1) is 18.5 Å². The molecule has 6 nitrogen and oxygen atoms in total. The quantitative estimate of drug-likeness (QED) is 0.688. The summed E-state index contributed by atoms with van der Waals surface area (Å²) in [6, 6.07) is 13.7. The summed E-state index contributed by atoms with van der Waals surface area (Å²) < 4.78 is 7.07. The van der Waals surface area contributed by atoms with E-state index in [2.05, 4.69) is 10.3 Å². The molecule has 1 aromatic carbocycles. The number of carbonyl (C=O) groups is 1. The van der Waals surface area contributed by atoms with Crippen LogP contribution >= 0.6 is 0 Å². The topological polar surface area (TPSA) is 64.2 Å². The lowest BCUT2D eigenvalue weighted by molar-refractivity contribution is -0.125. The van der Waals surface area contributed by atoms with E-state index in [9.17, 15) is 4.79 Å². The van der Waals surface area contributed by atoms with E-state index in [4.69, 9.17) is 4.42 Å². The van der Waals surface area contributed by atoms with Gasteiger partial charge in [0, 0.05) is 24.7 Å². The van der Waals surface area contributed by atoms with Gasteiger partial charge in [-0.05, 0) is 24.6 Å². The minimum Gasteiger partial charge on any atom is -0.465 e. The van der Waals surface area contributed by atoms with Crippen molar-refractivity contribution in [2.75, 3.05) is 13.1 Å². The molecule has 0 N–H and O–H groups in total. The first-order valence-electron chi connectivity index (χ1n) is 8.27. The highest BCUT2D eigenvalue weighted by Gasteiger charge is 2.27. The molecule has 0 aliphatic carbocycles. The van der Waals surface area contributed by atoms with Crippen LogP contribution in [0.5, 0.6) is 0 Å². The largest absolute Gasteiger partial charge is 0.465 e. The molecular weight excluding hydrogens is 316 g/mol. The summed E-state index contributed by atoms with van der Waals surface area (Å²) in [4.78, 5) is 14.1. The summed E-state index contributed by atoms with van der Waals surface area (Å²) in [5.74, 6) is 0.662. The second kappa shape index (κ2) is 6.76. The number of nitrogens with zero attached hydrogens (tertiary/aromatic N) is 4. The van der Waals surface area contributed by atoms with Gasteiger partial charge >= 0.3 is 0 Å². The zero-order valence-corrected chi connectivity index (χ0v) is 13.7. The number of benzene rings is 1. The second-order valence-corrected chi connectivity index (χ2v) is 6.03. The van der Waals surface area contributed by atoms with E-state index >= 15 is 0 Å². The van der Waals surface area contributed by atoms with Crippen molar-refractivity contribution < 1.29 is 9.21 Å². The first-order valence-corrected chi connectivity index (χ1v) is 8.27. The highest BCUT2D eigenvalue weighted by molar-refractivity contribution is 5.91. The number of aromatic nitrogens is 3. The number of hydrogen-bond donors (Lipinski definition) is 0. The lowest BCUT2D eigenvalue weighted by Gasteiger charge is -2.14. The Balaban J connectivity index is 1.41. The Kier molecular flexibility index (Phi) is 4.16. The zero-order valence-electron chi connectivity index (χ0n) is 13.7. The molecule has 3 heterocycles. The lowest BCUT2D eigenvalue weighted by atomic mass is 10.2. The maximum absolute atomic E-state index is 12.3. The van der Waals surface area contributed by atoms with E-state index in [0.717, 1.165) is 17.7 Å². The van der Waals surface area contributed by atoms with Crippen molar-refractivity contribution in [3.63, 3.8) is 0 Å². The van der Waals surface area contributed by atoms with Crippen LogP contribution in [0.2, 0.25) is 0 Å². The van der Waals surface area contributed by atoms with Crippen molar-refractivity contribution in [3.8, 4) is 11.3 Å². The van der Waals surface area contributed by atoms with Crippen molar-refractivity contribution in [1.29, 1.82) is 0 Å². The average Bonchev–Trinajstić information content (AvgIpc) is 3.41. The van der Waals surface area contributed by atoms with Crippen LogP contribution in [-0.2, 0) is 4.79 Å². The van der Waals surface area contributed by atoms with Crippen molar-refractivity contribution in [2.45, 2.75) is 12.5 Å². The van der Waals surface area contributed by atoms with Gasteiger partial charge in [-0.1, -0.05) is 35.5 Å². The summed E-state index contributed by atoms with van der Waals surface area (Å²) in [7, 11) is 0. The van der Waals surface area contributed by atoms with Gasteiger partial charge in [-0.3, -0.25) is 4.79 Å². The predicted molar refractivity (Wildman–Crippen MR) is 93.4 cm³/mol. The minimum atomic E-state index is -0.0118. The number of amides is 1. The maximum Gasteiger partial charge on any atom is 0.246 e. The second-order valence-electron chi connectivity index (χ2n) is 6.03. The molecule has 0 radical (unpaired) electrons. The Hall–Kier alpha value is -3.15. The van der Waals surface area contributed by atoms with Gasteiger partial charge in [-0.15, -0.1) is 5.10 Å². The molecule has 126 valence electrons. The Morgan fingerprint density at radius 1 is 1.20 bits per heavy atom. The molecule has 2 aromatic heterocycles. The monoisotopic (exact) mass is 334 g/mol. The summed E-state index contributed by atoms with van der Waals surface area (Å²) >= 11 is 0. The van der Waals surface area contributed by atoms with Crippen LogP contribution in [0.15, 0.2) is 65.4 Å². The van der Waals surface area contributed by atoms with Crippen molar-refractivity contribution in [1.82, 2.24) is 19.9 Å². The Labute approximate surface area is 145 Å². The highest BCUT2D eigenvalue weighted by Crippen LogP contribution is 2.23. The van der Waals surface area contributed by atoms with E-state index in [1.165, 1.54) is 0 Å². The Bertz CT molecular complexity index is 868. The van der Waals surface area contributed by atoms with Crippen LogP contribution in [0.4, 0.5) is 0 Å². The number of furan rings is 1. The van der Waals surface area contributed by atoms with Crippen molar-refractivity contribution in [2.24, 2.45) is 0 Å². The van der Waals surface area contributed by atoms with Crippen molar-refractivity contribution in [3.05, 3.63) is 66.8 Å². The molecule has 25 heavy (non-hydrogen) atoms. The molecule has 1 aliphatic heterocycles. The summed E-state index contributed by atoms with van der Waals surface area (Å²) in [5, 5.41) is 8.50. The van der Waals surface area contributed by atoms with E-state index < -0.39 is 0 Å². The normalized spacial score (nSPS) is 17.4. The van der Waals surface area contributed by atoms with E-state index in [1.807, 2.05) is 52.2 Å². The third kappa shape index (κ3) is 3.38. The number of rotatable bonds is 4. The first kappa shape index (κ1) is 15.4. The fraction of sp³-hybridized carbons (Fsp3) is 0.211. The average molecular weight is 334 g/mol. The van der Waals surface area contributed by atoms with E-state index in [-0.39, 0.29) is 11.9 Å². The van der Waals surface area contributed by atoms with Crippen LogP contribution < -0.4 is 0 Å². The molecule has 0 saturated carbocycles. The lowest BCUT2D eigenvalue weighted by Crippen LogP contribution is -2.27. The molecule has 4 rings (SSSR count). The third-order valence-electron chi connectivity index (χ3n) is 4.36. The third-order valence-corrected chi connectivity index (χ3v) is 4.36. The highest BCUT2D eigenvalue weighted by atomic mass is 16.3. The van der Waals surface area contributed by atoms with Gasteiger partial charge in [0.25, 0.3) is 0 Å². The van der Waals surface area contributed by atoms with Gasteiger partial charge in [0.1, 0.15) is 11.5 Å². The molecule has 1 atom stereocenters. The molecule has 0 bridgehead atoms. The molecule has 1 amide bonds. The van der Waals surface area contributed by atoms with Gasteiger partial charge in [0.2, 0.25) is 5.91 Å². The van der Waals surface area contributed by atoms with Crippen molar-refractivity contribution >= 4 is 12.0 Å². The molecular formula is C19H18N4O2. The van der Waals surface area contributed by atoms with Crippen LogP contribution in [0.25, 0.3) is 17.3 Å². The SMILES string of the molecule is O=C(/C=C/c1ccco1)N1CC[C@H](n2cc(-c3ccccc3)nn2)C1. The van der Waals surface area contributed by atoms with Gasteiger partial charge in [-0.2, -0.15) is 0 Å². The number of likely N-dealkylation sites (tertiary alicyclic amines) is 1. The van der Waals surface area contributed by atoms with Crippen LogP contribution in [0, 0.1) is 0 Å². The zero-order chi connectivity index (χ0) is 17.1. The predicted octanol–water partition coefficient (Wildman–Crippen LogP) is 3.02. The smallest absolute Gasteiger partial charge is 0.246 e. The molecule has 6 heteroatoms. The molecule has 0 unspecified atom stereocenters. The fourth-order valence-corrected chi connectivity index (χ4v) is 3.00. The minimum absolute atomic E-state index is 0.0118. The summed E-state index contributed by atoms with van der Waals surface area (Å²) in [6.07, 6.45) is 7.66. The summed E-state index contributed by atoms with van der Waals surface area (Å²) in [6.45, 7) is 1.35. The number of hydrogen-bond acceptors (Lipinski definition) is 4. The standard InChI is InChI=1S/C19H18N4O2/c24-19(9-8-17-7-4-12-25-17)22-11-10-16(13-22)23-14-18(20-21-23)15-5-2-1-3-6-15/h1-9,12,14,16H,10-11,13H2/b9-8+/t16-/m0/s1. The maximum atomic E-state index is 12.3. The molecule has 1 saturated heterocycles. The Morgan fingerprint density at radius 3 is 2.88 bits per heavy atom. The molecule has 1 fully saturated rings. The van der Waals surface area contributed by atoms with Gasteiger partial charge < -0.3 is 9.32 Å². The Morgan fingerprint density at radius 2 is 2.08 bits per heavy atom. The van der Waals surface area contributed by atoms with Gasteiger partial charge in [0.15, 0.2) is 0 Å². The first-order chi connectivity index (χ1) is 12.3. The van der Waals surface area contributed by atoms with Crippen LogP contribution in [0.1, 0.15) is 18.2 Å². The number of carbonyl (C=O) groups excluding carboxylic acids is 1. The molecule has 0 spiro atoms. The summed E-state index contributed by atoms with van der Waals surface area (Å²) in [5.41, 5.74) is 1.89. The van der Waals surface area contributed by atoms with Gasteiger partial charge in [-0.25, -0.2) is 4.68 Å². The van der Waals surface area contributed by atoms with E-state index in [0.29, 0.717) is 18.8 Å². The fourth-order valence-electron chi connectivity index (χ4n) is 3.00. The van der Waals surface area contributed by atoms with Crippen LogP contribution in [0.3, 0.4) is 0 Å². The van der Waals surface area contributed by atoms with E-state index in [1.54, 1.807) is 24.5 Å². The van der Waals surface area contributed by atoms with Crippen LogP contribution in [-0.4, -0.2) is 38.9 Å².